The maximum atomic E-state index is 15.0. The Kier molecular flexibility index (Phi) is 6.05. The van der Waals surface area contributed by atoms with E-state index in [-0.39, 0.29) is 11.1 Å². The topological polar surface area (TPSA) is 0 Å². The van der Waals surface area contributed by atoms with Crippen LogP contribution in [0.25, 0.3) is 44.5 Å². The van der Waals surface area contributed by atoms with Gasteiger partial charge >= 0.3 is 0 Å². The van der Waals surface area contributed by atoms with E-state index in [9.17, 15) is 4.39 Å². The van der Waals surface area contributed by atoms with Gasteiger partial charge in [-0.15, -0.1) is 0 Å². The molecule has 0 spiro atoms. The van der Waals surface area contributed by atoms with Crippen LogP contribution in [0.4, 0.5) is 8.78 Å². The second-order valence-electron chi connectivity index (χ2n) is 9.13. The number of hydrogen-bond acceptors (Lipinski definition) is 0. The first-order chi connectivity index (χ1) is 16.9. The molecule has 0 aliphatic rings. The minimum Gasteiger partial charge on any atom is -0.203 e. The molecule has 0 atom stereocenters. The Morgan fingerprint density at radius 1 is 0.371 bits per heavy atom. The fraction of sp³-hybridized carbons (Fsp3) is 0.0909. The summed E-state index contributed by atoms with van der Waals surface area (Å²) < 4.78 is 30.0. The predicted molar refractivity (Wildman–Crippen MR) is 142 cm³/mol. The quantitative estimate of drug-likeness (QED) is 0.250. The third-order valence-electron chi connectivity index (χ3n) is 6.56. The first kappa shape index (κ1) is 22.7. The molecule has 0 fully saturated rings. The van der Waals surface area contributed by atoms with Gasteiger partial charge in [0.05, 0.1) is 0 Å². The summed E-state index contributed by atoms with van der Waals surface area (Å²) in [4.78, 5) is 0. The standard InChI is InChI=1S/C33H26F2/c1-21-4-8-25(9-5-21)29-17-16-28(20-23(29)3)24-12-14-27(15-13-24)31-19-18-30(32(34)33(31)35)26-10-6-22(2)7-11-26/h4-20H,1-3H3. The number of halogens is 2. The molecule has 2 heteroatoms. The van der Waals surface area contributed by atoms with Crippen LogP contribution in [0, 0.1) is 32.4 Å². The molecule has 0 N–H and O–H groups in total. The van der Waals surface area contributed by atoms with Crippen LogP contribution in [0.3, 0.4) is 0 Å². The van der Waals surface area contributed by atoms with E-state index in [1.165, 1.54) is 22.3 Å². The molecule has 0 saturated heterocycles. The summed E-state index contributed by atoms with van der Waals surface area (Å²) in [7, 11) is 0. The second kappa shape index (κ2) is 9.31. The van der Waals surface area contributed by atoms with Crippen molar-refractivity contribution in [1.82, 2.24) is 0 Å². The molecule has 0 aliphatic heterocycles. The lowest BCUT2D eigenvalue weighted by Gasteiger charge is -2.12. The van der Waals surface area contributed by atoms with Crippen LogP contribution in [0.1, 0.15) is 16.7 Å². The molecule has 0 amide bonds. The Hall–Kier alpha value is -4.04. The fourth-order valence-corrected chi connectivity index (χ4v) is 4.47. The molecule has 0 nitrogen and oxygen atoms in total. The van der Waals surface area contributed by atoms with E-state index in [2.05, 4.69) is 56.3 Å². The van der Waals surface area contributed by atoms with Gasteiger partial charge in [0, 0.05) is 11.1 Å². The summed E-state index contributed by atoms with van der Waals surface area (Å²) in [5.74, 6) is -1.65. The maximum absolute atomic E-state index is 15.0. The average Bonchev–Trinajstić information content (AvgIpc) is 2.87. The molecule has 0 saturated carbocycles. The van der Waals surface area contributed by atoms with E-state index in [1.54, 1.807) is 12.1 Å². The minimum absolute atomic E-state index is 0.260. The smallest absolute Gasteiger partial charge is 0.167 e. The van der Waals surface area contributed by atoms with Crippen molar-refractivity contribution in [3.63, 3.8) is 0 Å². The fourth-order valence-electron chi connectivity index (χ4n) is 4.47. The summed E-state index contributed by atoms with van der Waals surface area (Å²) in [6.07, 6.45) is 0. The van der Waals surface area contributed by atoms with Crippen molar-refractivity contribution in [3.8, 4) is 44.5 Å². The van der Waals surface area contributed by atoms with E-state index < -0.39 is 11.6 Å². The first-order valence-corrected chi connectivity index (χ1v) is 11.7. The van der Waals surface area contributed by atoms with Crippen molar-refractivity contribution < 1.29 is 8.78 Å². The lowest BCUT2D eigenvalue weighted by atomic mass is 9.94. The molecule has 5 rings (SSSR count). The van der Waals surface area contributed by atoms with Gasteiger partial charge in [-0.25, -0.2) is 8.78 Å². The van der Waals surface area contributed by atoms with Gasteiger partial charge in [-0.1, -0.05) is 114 Å². The number of rotatable bonds is 4. The SMILES string of the molecule is Cc1ccc(-c2ccc(-c3ccc(-c4ccc(-c5ccc(C)cc5)c(F)c4F)cc3)cc2C)cc1. The molecular weight excluding hydrogens is 434 g/mol. The van der Waals surface area contributed by atoms with Crippen LogP contribution >= 0.6 is 0 Å². The molecule has 0 unspecified atom stereocenters. The van der Waals surface area contributed by atoms with Crippen molar-refractivity contribution in [2.75, 3.05) is 0 Å². The third kappa shape index (κ3) is 4.52. The van der Waals surface area contributed by atoms with E-state index in [0.717, 1.165) is 16.7 Å². The largest absolute Gasteiger partial charge is 0.203 e. The Bertz CT molecular complexity index is 1490. The summed E-state index contributed by atoms with van der Waals surface area (Å²) >= 11 is 0. The predicted octanol–water partition coefficient (Wildman–Crippen LogP) is 9.56. The molecule has 0 radical (unpaired) electrons. The minimum atomic E-state index is -0.825. The van der Waals surface area contributed by atoms with Gasteiger partial charge in [-0.2, -0.15) is 0 Å². The van der Waals surface area contributed by atoms with Gasteiger partial charge in [0.1, 0.15) is 0 Å². The Morgan fingerprint density at radius 2 is 0.714 bits per heavy atom. The lowest BCUT2D eigenvalue weighted by Crippen LogP contribution is -1.94. The first-order valence-electron chi connectivity index (χ1n) is 11.7. The number of aryl methyl sites for hydroxylation is 3. The molecule has 0 aromatic heterocycles. The second-order valence-corrected chi connectivity index (χ2v) is 9.13. The van der Waals surface area contributed by atoms with Crippen LogP contribution in [0.5, 0.6) is 0 Å². The number of benzene rings is 5. The highest BCUT2D eigenvalue weighted by Gasteiger charge is 2.16. The summed E-state index contributed by atoms with van der Waals surface area (Å²) in [6.45, 7) is 6.16. The normalized spacial score (nSPS) is 11.0. The zero-order chi connectivity index (χ0) is 24.5. The van der Waals surface area contributed by atoms with Gasteiger partial charge in [-0.3, -0.25) is 0 Å². The van der Waals surface area contributed by atoms with Gasteiger partial charge in [0.15, 0.2) is 11.6 Å². The van der Waals surface area contributed by atoms with E-state index in [0.29, 0.717) is 11.1 Å². The Balaban J connectivity index is 1.43. The Morgan fingerprint density at radius 3 is 1.17 bits per heavy atom. The highest BCUT2D eigenvalue weighted by molar-refractivity contribution is 5.77. The maximum Gasteiger partial charge on any atom is 0.167 e. The van der Waals surface area contributed by atoms with Gasteiger partial charge < -0.3 is 0 Å². The highest BCUT2D eigenvalue weighted by Crippen LogP contribution is 2.34. The van der Waals surface area contributed by atoms with Crippen LogP contribution in [0.15, 0.2) is 103 Å². The van der Waals surface area contributed by atoms with E-state index in [4.69, 9.17) is 0 Å². The van der Waals surface area contributed by atoms with Crippen molar-refractivity contribution >= 4 is 0 Å². The van der Waals surface area contributed by atoms with Crippen LogP contribution in [0.2, 0.25) is 0 Å². The summed E-state index contributed by atoms with van der Waals surface area (Å²) in [5, 5.41) is 0. The Labute approximate surface area is 205 Å². The molecule has 0 bridgehead atoms. The lowest BCUT2D eigenvalue weighted by molar-refractivity contribution is 0.514. The molecule has 0 aliphatic carbocycles. The molecule has 5 aromatic carbocycles. The molecule has 0 heterocycles. The average molecular weight is 461 g/mol. The van der Waals surface area contributed by atoms with Crippen LogP contribution < -0.4 is 0 Å². The molecule has 35 heavy (non-hydrogen) atoms. The van der Waals surface area contributed by atoms with Crippen molar-refractivity contribution in [3.05, 3.63) is 131 Å². The van der Waals surface area contributed by atoms with Gasteiger partial charge in [0.2, 0.25) is 0 Å². The van der Waals surface area contributed by atoms with E-state index >= 15 is 4.39 Å². The summed E-state index contributed by atoms with van der Waals surface area (Å²) in [5.41, 5.74) is 9.87. The van der Waals surface area contributed by atoms with Gasteiger partial charge in [0.25, 0.3) is 0 Å². The molecule has 172 valence electrons. The zero-order valence-electron chi connectivity index (χ0n) is 20.1. The third-order valence-corrected chi connectivity index (χ3v) is 6.56. The van der Waals surface area contributed by atoms with Crippen molar-refractivity contribution in [2.45, 2.75) is 20.8 Å². The number of hydrogen-bond donors (Lipinski definition) is 0. The summed E-state index contributed by atoms with van der Waals surface area (Å²) in [6, 6.07) is 33.3. The monoisotopic (exact) mass is 460 g/mol. The highest BCUT2D eigenvalue weighted by atomic mass is 19.2. The van der Waals surface area contributed by atoms with Crippen molar-refractivity contribution in [1.29, 1.82) is 0 Å². The van der Waals surface area contributed by atoms with Crippen molar-refractivity contribution in [2.24, 2.45) is 0 Å². The zero-order valence-corrected chi connectivity index (χ0v) is 20.1. The van der Waals surface area contributed by atoms with E-state index in [1.807, 2.05) is 55.5 Å². The van der Waals surface area contributed by atoms with Crippen LogP contribution in [-0.2, 0) is 0 Å². The van der Waals surface area contributed by atoms with Crippen LogP contribution in [-0.4, -0.2) is 0 Å². The molecular formula is C33H26F2. The molecule has 5 aromatic rings. The van der Waals surface area contributed by atoms with Gasteiger partial charge in [-0.05, 0) is 59.7 Å².